The number of nitrogens with one attached hydrogen (secondary N) is 1. The van der Waals surface area contributed by atoms with Crippen molar-refractivity contribution in [3.63, 3.8) is 0 Å². The van der Waals surface area contributed by atoms with Crippen molar-refractivity contribution in [3.8, 4) is 0 Å². The Balaban J connectivity index is 4.27. The molecule has 0 aliphatic carbocycles. The molecule has 1 unspecified atom stereocenters. The molecule has 1 atom stereocenters. The van der Waals surface area contributed by atoms with Crippen LogP contribution in [0.15, 0.2) is 12.7 Å². The molecule has 0 saturated heterocycles. The number of hydrogen-bond acceptors (Lipinski definition) is 7. The first kappa shape index (κ1) is 25.2. The van der Waals surface area contributed by atoms with E-state index in [0.29, 0.717) is 32.9 Å². The summed E-state index contributed by atoms with van der Waals surface area (Å²) in [5.74, 6) is -0.533. The Morgan fingerprint density at radius 2 is 1.65 bits per heavy atom. The van der Waals surface area contributed by atoms with Gasteiger partial charge in [-0.1, -0.05) is 27.4 Å². The molecule has 0 bridgehead atoms. The van der Waals surface area contributed by atoms with Crippen LogP contribution in [0.5, 0.6) is 0 Å². The molecule has 0 spiro atoms. The minimum atomic E-state index is -2.65. The van der Waals surface area contributed by atoms with Crippen molar-refractivity contribution in [2.24, 2.45) is 0 Å². The van der Waals surface area contributed by atoms with E-state index in [4.69, 9.17) is 18.0 Å². The van der Waals surface area contributed by atoms with Gasteiger partial charge in [0.2, 0.25) is 0 Å². The fourth-order valence-corrected chi connectivity index (χ4v) is 4.95. The number of carbonyl (C=O) groups excluding carboxylic acids is 1. The van der Waals surface area contributed by atoms with Gasteiger partial charge in [-0.15, -0.1) is 0 Å². The van der Waals surface area contributed by atoms with E-state index in [1.165, 1.54) is 0 Å². The lowest BCUT2D eigenvalue weighted by atomic mass is 10.3. The van der Waals surface area contributed by atoms with E-state index in [2.05, 4.69) is 32.7 Å². The number of aliphatic hydroxyl groups excluding tert-OH is 1. The van der Waals surface area contributed by atoms with E-state index in [9.17, 15) is 9.90 Å². The highest BCUT2D eigenvalue weighted by atomic mass is 28.4. The summed E-state index contributed by atoms with van der Waals surface area (Å²) in [4.78, 5) is 11.0. The summed E-state index contributed by atoms with van der Waals surface area (Å²) < 4.78 is 22.9. The van der Waals surface area contributed by atoms with Crippen LogP contribution in [-0.4, -0.2) is 65.5 Å². The lowest BCUT2D eigenvalue weighted by Crippen LogP contribution is -2.47. The van der Waals surface area contributed by atoms with E-state index in [1.54, 1.807) is 0 Å². The minimum absolute atomic E-state index is 0.0463. The van der Waals surface area contributed by atoms with Crippen molar-refractivity contribution < 1.29 is 27.9 Å². The molecule has 0 aromatic rings. The van der Waals surface area contributed by atoms with Crippen LogP contribution in [0.3, 0.4) is 0 Å². The van der Waals surface area contributed by atoms with Crippen LogP contribution in [0.1, 0.15) is 46.5 Å². The number of aliphatic hydroxyl groups is 1. The van der Waals surface area contributed by atoms with Crippen LogP contribution >= 0.6 is 0 Å². The van der Waals surface area contributed by atoms with Gasteiger partial charge in [-0.25, -0.2) is 4.79 Å². The molecule has 0 saturated carbocycles. The largest absolute Gasteiger partial charge is 0.501 e. The molecule has 0 radical (unpaired) electrons. The molecule has 0 aliphatic rings. The van der Waals surface area contributed by atoms with Crippen molar-refractivity contribution in [1.82, 2.24) is 5.32 Å². The third-order valence-electron chi connectivity index (χ3n) is 3.38. The average molecular weight is 392 g/mol. The highest BCUT2D eigenvalue weighted by Crippen LogP contribution is 2.19. The molecule has 154 valence electrons. The molecular formula is C18H37NO6Si. The fourth-order valence-electron chi connectivity index (χ4n) is 2.11. The maximum absolute atomic E-state index is 11.0. The zero-order valence-electron chi connectivity index (χ0n) is 16.6. The summed E-state index contributed by atoms with van der Waals surface area (Å²) in [6.07, 6.45) is 3.93. The summed E-state index contributed by atoms with van der Waals surface area (Å²) in [7, 11) is -2.65. The van der Waals surface area contributed by atoms with Gasteiger partial charge >= 0.3 is 14.8 Å². The van der Waals surface area contributed by atoms with Crippen molar-refractivity contribution in [2.45, 2.75) is 58.6 Å². The topological polar surface area (TPSA) is 86.3 Å². The van der Waals surface area contributed by atoms with Crippen molar-refractivity contribution in [1.29, 1.82) is 0 Å². The van der Waals surface area contributed by atoms with E-state index in [0.717, 1.165) is 37.8 Å². The average Bonchev–Trinajstić information content (AvgIpc) is 2.66. The second-order valence-electron chi connectivity index (χ2n) is 6.02. The number of ether oxygens (including phenoxy) is 1. The van der Waals surface area contributed by atoms with Gasteiger partial charge in [-0.2, -0.15) is 0 Å². The van der Waals surface area contributed by atoms with Gasteiger partial charge in [-0.05, 0) is 32.2 Å². The lowest BCUT2D eigenvalue weighted by molar-refractivity contribution is -0.140. The van der Waals surface area contributed by atoms with Gasteiger partial charge in [0.1, 0.15) is 12.7 Å². The molecule has 26 heavy (non-hydrogen) atoms. The summed E-state index contributed by atoms with van der Waals surface area (Å²) in [5, 5.41) is 12.9. The van der Waals surface area contributed by atoms with Gasteiger partial charge in [0.15, 0.2) is 0 Å². The second-order valence-corrected chi connectivity index (χ2v) is 8.76. The van der Waals surface area contributed by atoms with Crippen LogP contribution in [0.25, 0.3) is 0 Å². The van der Waals surface area contributed by atoms with Crippen molar-refractivity contribution in [3.05, 3.63) is 12.7 Å². The predicted molar refractivity (Wildman–Crippen MR) is 104 cm³/mol. The van der Waals surface area contributed by atoms with E-state index < -0.39 is 20.9 Å². The van der Waals surface area contributed by atoms with Gasteiger partial charge in [0.25, 0.3) is 0 Å². The number of carbonyl (C=O) groups is 1. The molecule has 0 aromatic carbocycles. The first-order valence-electron chi connectivity index (χ1n) is 9.63. The molecule has 7 nitrogen and oxygen atoms in total. The zero-order valence-corrected chi connectivity index (χ0v) is 17.6. The Morgan fingerprint density at radius 3 is 2.12 bits per heavy atom. The van der Waals surface area contributed by atoms with Gasteiger partial charge in [0.05, 0.1) is 0 Å². The third-order valence-corrected chi connectivity index (χ3v) is 6.28. The maximum Gasteiger partial charge on any atom is 0.501 e. The Morgan fingerprint density at radius 1 is 1.12 bits per heavy atom. The maximum atomic E-state index is 11.0. The molecular weight excluding hydrogens is 354 g/mol. The quantitative estimate of drug-likeness (QED) is 0.160. The van der Waals surface area contributed by atoms with E-state index in [1.807, 2.05) is 0 Å². The zero-order chi connectivity index (χ0) is 19.7. The Bertz CT molecular complexity index is 348. The number of hydrogen-bond donors (Lipinski definition) is 2. The van der Waals surface area contributed by atoms with Crippen molar-refractivity contribution in [2.75, 3.05) is 39.5 Å². The summed E-state index contributed by atoms with van der Waals surface area (Å²) in [5.41, 5.74) is 0. The molecule has 2 N–H and O–H groups in total. The fraction of sp³-hybridized carbons (Fsp3) is 0.833. The summed E-state index contributed by atoms with van der Waals surface area (Å²) >= 11 is 0. The van der Waals surface area contributed by atoms with Crippen LogP contribution in [0.2, 0.25) is 6.04 Å². The molecule has 0 rings (SSSR count). The van der Waals surface area contributed by atoms with Crippen LogP contribution in [0, 0.1) is 0 Å². The summed E-state index contributed by atoms with van der Waals surface area (Å²) in [6, 6.07) is 0.738. The van der Waals surface area contributed by atoms with E-state index in [-0.39, 0.29) is 6.61 Å². The molecule has 0 amide bonds. The van der Waals surface area contributed by atoms with Crippen LogP contribution in [0.4, 0.5) is 0 Å². The third kappa shape index (κ3) is 12.6. The molecule has 0 aliphatic heterocycles. The van der Waals surface area contributed by atoms with Crippen LogP contribution in [-0.2, 0) is 22.8 Å². The highest BCUT2D eigenvalue weighted by molar-refractivity contribution is 6.60. The molecule has 0 aromatic heterocycles. The standard InChI is InChI=1S/C18H37NO6Si/c1-5-11-23-26(24-12-6-2,25-13-7-3)14-9-10-19-15-17(20)16-22-18(21)8-4/h8,17,19-20H,4-7,9-16H2,1-3H3. The SMILES string of the molecule is C=CC(=O)OCC(O)CNCCC[Si](OCCC)(OCCC)OCCC. The first-order chi connectivity index (χ1) is 12.5. The van der Waals surface area contributed by atoms with E-state index >= 15 is 0 Å². The Hall–Kier alpha value is -0.773. The molecule has 0 fully saturated rings. The van der Waals surface area contributed by atoms with Crippen LogP contribution < -0.4 is 5.32 Å². The lowest BCUT2D eigenvalue weighted by Gasteiger charge is -2.29. The van der Waals surface area contributed by atoms with Crippen molar-refractivity contribution >= 4 is 14.8 Å². The normalized spacial score (nSPS) is 12.8. The Labute approximate surface area is 159 Å². The number of rotatable bonds is 18. The number of esters is 1. The molecule has 0 heterocycles. The monoisotopic (exact) mass is 391 g/mol. The second kappa shape index (κ2) is 16.4. The van der Waals surface area contributed by atoms with Gasteiger partial charge < -0.3 is 28.4 Å². The Kier molecular flexibility index (Phi) is 15.9. The summed E-state index contributed by atoms with van der Waals surface area (Å²) in [6.45, 7) is 12.4. The van der Waals surface area contributed by atoms with Gasteiger partial charge in [-0.3, -0.25) is 0 Å². The molecule has 8 heteroatoms. The predicted octanol–water partition coefficient (Wildman–Crippen LogP) is 2.27. The first-order valence-corrected chi connectivity index (χ1v) is 11.6. The smallest absolute Gasteiger partial charge is 0.460 e. The minimum Gasteiger partial charge on any atom is -0.460 e. The highest BCUT2D eigenvalue weighted by Gasteiger charge is 2.40. The van der Waals surface area contributed by atoms with Gasteiger partial charge in [0, 0.05) is 38.5 Å².